The maximum Gasteiger partial charge on any atom is 0.297 e. The molecule has 1 amide bonds. The fraction of sp³-hybridized carbons (Fsp3) is 0.917. The summed E-state index contributed by atoms with van der Waals surface area (Å²) in [7, 11) is 0. The molecule has 17 heavy (non-hydrogen) atoms. The lowest BCUT2D eigenvalue weighted by atomic mass is 10.1. The van der Waals surface area contributed by atoms with Gasteiger partial charge in [0.15, 0.2) is 0 Å². The Balaban J connectivity index is 4.84. The Hall–Kier alpha value is -1.13. The van der Waals surface area contributed by atoms with Gasteiger partial charge in [-0.25, -0.2) is 0 Å². The second-order valence-corrected chi connectivity index (χ2v) is 4.88. The molecule has 0 aromatic heterocycles. The third-order valence-corrected chi connectivity index (χ3v) is 2.74. The van der Waals surface area contributed by atoms with E-state index in [1.807, 2.05) is 34.6 Å². The van der Waals surface area contributed by atoms with Crippen LogP contribution in [0.3, 0.4) is 0 Å². The average molecular weight is 244 g/mol. The van der Waals surface area contributed by atoms with E-state index in [0.29, 0.717) is 12.8 Å². The van der Waals surface area contributed by atoms with Gasteiger partial charge in [0.1, 0.15) is 0 Å². The van der Waals surface area contributed by atoms with Crippen LogP contribution in [0.5, 0.6) is 0 Å². The molecule has 0 fully saturated rings. The monoisotopic (exact) mass is 244 g/mol. The highest BCUT2D eigenvalue weighted by Gasteiger charge is 2.35. The molecule has 0 aliphatic rings. The van der Waals surface area contributed by atoms with Gasteiger partial charge in [0.05, 0.1) is 0 Å². The molecule has 0 radical (unpaired) electrons. The van der Waals surface area contributed by atoms with E-state index in [4.69, 9.17) is 0 Å². The topological polar surface area (TPSA) is 63.5 Å². The van der Waals surface area contributed by atoms with Crippen LogP contribution in [0.25, 0.3) is 0 Å². The van der Waals surface area contributed by atoms with Crippen molar-refractivity contribution in [2.75, 3.05) is 0 Å². The summed E-state index contributed by atoms with van der Waals surface area (Å²) in [5.41, 5.74) is 0. The second kappa shape index (κ2) is 7.25. The minimum atomic E-state index is -1.08. The van der Waals surface area contributed by atoms with Gasteiger partial charge in [0.2, 0.25) is 0 Å². The molecule has 0 aliphatic carbocycles. The van der Waals surface area contributed by atoms with Gasteiger partial charge in [-0.2, -0.15) is 0 Å². The molecule has 0 saturated carbocycles. The first kappa shape index (κ1) is 15.9. The van der Waals surface area contributed by atoms with Crippen molar-refractivity contribution in [3.8, 4) is 0 Å². The molecule has 0 bridgehead atoms. The number of hydrogen-bond donors (Lipinski definition) is 0. The van der Waals surface area contributed by atoms with Gasteiger partial charge >= 0.3 is 0 Å². The summed E-state index contributed by atoms with van der Waals surface area (Å²) in [5.74, 6) is -0.353. The van der Waals surface area contributed by atoms with Gasteiger partial charge in [-0.3, -0.25) is 14.9 Å². The molecule has 0 heterocycles. The van der Waals surface area contributed by atoms with Crippen molar-refractivity contribution in [3.63, 3.8) is 0 Å². The molecular formula is C12H24N2O3. The van der Waals surface area contributed by atoms with E-state index in [0.717, 1.165) is 6.42 Å². The summed E-state index contributed by atoms with van der Waals surface area (Å²) >= 11 is 0. The van der Waals surface area contributed by atoms with Crippen molar-refractivity contribution in [2.24, 2.45) is 0 Å². The van der Waals surface area contributed by atoms with Crippen LogP contribution < -0.4 is 0 Å². The first-order chi connectivity index (χ1) is 7.82. The molecule has 1 atom stereocenters. The molecule has 0 spiro atoms. The smallest absolute Gasteiger partial charge is 0.297 e. The summed E-state index contributed by atoms with van der Waals surface area (Å²) in [5, 5.41) is 11.0. The summed E-state index contributed by atoms with van der Waals surface area (Å²) in [6.07, 6.45) is 1.90. The van der Waals surface area contributed by atoms with Crippen LogP contribution in [-0.2, 0) is 4.79 Å². The Bertz CT molecular complexity index is 256. The fourth-order valence-electron chi connectivity index (χ4n) is 1.99. The predicted octanol–water partition coefficient (Wildman–Crippen LogP) is 2.47. The molecule has 5 nitrogen and oxygen atoms in total. The molecule has 0 aliphatic heterocycles. The minimum Gasteiger partial charge on any atom is -0.332 e. The number of hydrogen-bond acceptors (Lipinski definition) is 3. The number of nitrogens with zero attached hydrogens (tertiary/aromatic N) is 2. The van der Waals surface area contributed by atoms with Crippen molar-refractivity contribution in [2.45, 2.75) is 72.0 Å². The lowest BCUT2D eigenvalue weighted by molar-refractivity contribution is -0.510. The van der Waals surface area contributed by atoms with Gasteiger partial charge in [0, 0.05) is 23.4 Å². The van der Waals surface area contributed by atoms with E-state index in [2.05, 4.69) is 0 Å². The molecule has 100 valence electrons. The maximum atomic E-state index is 12.2. The highest BCUT2D eigenvalue weighted by atomic mass is 16.6. The van der Waals surface area contributed by atoms with Crippen LogP contribution in [0.4, 0.5) is 0 Å². The predicted molar refractivity (Wildman–Crippen MR) is 67.4 cm³/mol. The zero-order valence-corrected chi connectivity index (χ0v) is 11.5. The fourth-order valence-corrected chi connectivity index (χ4v) is 1.99. The number of unbranched alkanes of at least 4 members (excludes halogenated alkanes) is 1. The Kier molecular flexibility index (Phi) is 6.76. The van der Waals surface area contributed by atoms with Crippen LogP contribution >= 0.6 is 0 Å². The Morgan fingerprint density at radius 2 is 1.71 bits per heavy atom. The van der Waals surface area contributed by atoms with Crippen molar-refractivity contribution in [1.29, 1.82) is 0 Å². The number of rotatable bonds is 7. The molecule has 0 saturated heterocycles. The first-order valence-corrected chi connectivity index (χ1v) is 6.28. The van der Waals surface area contributed by atoms with Crippen molar-refractivity contribution in [3.05, 3.63) is 10.1 Å². The Morgan fingerprint density at radius 1 is 1.24 bits per heavy atom. The van der Waals surface area contributed by atoms with Gasteiger partial charge in [-0.15, -0.1) is 0 Å². The van der Waals surface area contributed by atoms with Crippen LogP contribution in [0.15, 0.2) is 0 Å². The Morgan fingerprint density at radius 3 is 2.00 bits per heavy atom. The lowest BCUT2D eigenvalue weighted by Crippen LogP contribution is -2.49. The van der Waals surface area contributed by atoms with E-state index in [9.17, 15) is 14.9 Å². The largest absolute Gasteiger partial charge is 0.332 e. The van der Waals surface area contributed by atoms with Crippen LogP contribution in [0, 0.1) is 10.1 Å². The summed E-state index contributed by atoms with van der Waals surface area (Å²) in [6.45, 7) is 9.50. The number of carbonyl (C=O) groups is 1. The third kappa shape index (κ3) is 4.71. The van der Waals surface area contributed by atoms with E-state index < -0.39 is 11.0 Å². The molecule has 0 rings (SSSR count). The zero-order valence-electron chi connectivity index (χ0n) is 11.5. The standard InChI is InChI=1S/C12H24N2O3/c1-6-7-8-11(14(16)17)12(15)13(9(2)3)10(4)5/h9-11H,6-8H2,1-5H3. The van der Waals surface area contributed by atoms with E-state index in [1.165, 1.54) is 0 Å². The number of carbonyl (C=O) groups excluding carboxylic acids is 1. The van der Waals surface area contributed by atoms with Crippen molar-refractivity contribution in [1.82, 2.24) is 4.90 Å². The molecular weight excluding hydrogens is 220 g/mol. The van der Waals surface area contributed by atoms with Gasteiger partial charge in [-0.05, 0) is 34.1 Å². The summed E-state index contributed by atoms with van der Waals surface area (Å²) in [6, 6.07) is -1.10. The van der Waals surface area contributed by atoms with Gasteiger partial charge < -0.3 is 4.90 Å². The summed E-state index contributed by atoms with van der Waals surface area (Å²) < 4.78 is 0. The van der Waals surface area contributed by atoms with Crippen molar-refractivity contribution >= 4 is 5.91 Å². The van der Waals surface area contributed by atoms with Crippen molar-refractivity contribution < 1.29 is 9.72 Å². The molecule has 5 heteroatoms. The maximum absolute atomic E-state index is 12.2. The second-order valence-electron chi connectivity index (χ2n) is 4.88. The van der Waals surface area contributed by atoms with Crippen LogP contribution in [0.1, 0.15) is 53.9 Å². The van der Waals surface area contributed by atoms with Gasteiger partial charge in [0.25, 0.3) is 11.9 Å². The quantitative estimate of drug-likeness (QED) is 0.510. The van der Waals surface area contributed by atoms with E-state index in [1.54, 1.807) is 4.90 Å². The molecule has 0 aromatic carbocycles. The SMILES string of the molecule is CCCCC(C(=O)N(C(C)C)C(C)C)[N+](=O)[O-]. The normalized spacial score (nSPS) is 12.9. The number of nitro groups is 1. The van der Waals surface area contributed by atoms with Gasteiger partial charge in [-0.1, -0.05) is 13.3 Å². The lowest BCUT2D eigenvalue weighted by Gasteiger charge is -2.31. The van der Waals surface area contributed by atoms with E-state index in [-0.39, 0.29) is 18.0 Å². The highest BCUT2D eigenvalue weighted by molar-refractivity contribution is 5.81. The molecule has 0 aromatic rings. The third-order valence-electron chi connectivity index (χ3n) is 2.74. The van der Waals surface area contributed by atoms with E-state index >= 15 is 0 Å². The summed E-state index contributed by atoms with van der Waals surface area (Å²) in [4.78, 5) is 24.3. The first-order valence-electron chi connectivity index (χ1n) is 6.28. The minimum absolute atomic E-state index is 0.00780. The number of amides is 1. The zero-order chi connectivity index (χ0) is 13.6. The van der Waals surface area contributed by atoms with Crippen LogP contribution in [0.2, 0.25) is 0 Å². The average Bonchev–Trinajstić information content (AvgIpc) is 2.16. The molecule has 0 N–H and O–H groups in total. The molecule has 1 unspecified atom stereocenters. The van der Waals surface area contributed by atoms with Crippen LogP contribution in [-0.4, -0.2) is 33.9 Å². The highest BCUT2D eigenvalue weighted by Crippen LogP contribution is 2.13. The Labute approximate surface area is 103 Å².